The zero-order valence-electron chi connectivity index (χ0n) is 18.1. The molecule has 0 aromatic rings. The Morgan fingerprint density at radius 3 is 1.44 bits per heavy atom. The summed E-state index contributed by atoms with van der Waals surface area (Å²) in [5.74, 6) is 0. The molecular weight excluding hydrogens is 466 g/mol. The van der Waals surface area contributed by atoms with Gasteiger partial charge in [-0.25, -0.2) is 0 Å². The summed E-state index contributed by atoms with van der Waals surface area (Å²) in [5, 5.41) is 79.6. The quantitative estimate of drug-likeness (QED) is 0.154. The van der Waals surface area contributed by atoms with Crippen molar-refractivity contribution in [3.63, 3.8) is 0 Å². The van der Waals surface area contributed by atoms with Gasteiger partial charge in [0.1, 0.15) is 54.9 Å². The molecule has 3 fully saturated rings. The maximum absolute atomic E-state index is 10.8. The molecule has 0 amide bonds. The third kappa shape index (κ3) is 5.37. The van der Waals surface area contributed by atoms with Gasteiger partial charge >= 0.3 is 0 Å². The Morgan fingerprint density at radius 1 is 0.529 bits per heavy atom. The van der Waals surface area contributed by atoms with Crippen LogP contribution in [0.4, 0.5) is 0 Å². The van der Waals surface area contributed by atoms with Crippen LogP contribution in [0.15, 0.2) is 0 Å². The van der Waals surface area contributed by atoms with Crippen LogP contribution in [0.2, 0.25) is 0 Å². The van der Waals surface area contributed by atoms with Crippen molar-refractivity contribution < 1.29 is 64.5 Å². The number of aliphatic hydroxyl groups is 8. The fourth-order valence-electron chi connectivity index (χ4n) is 4.18. The number of nitrogens with two attached hydrogens (primary N) is 3. The number of rotatable bonds is 7. The minimum Gasteiger partial charge on any atom is -0.394 e. The molecule has 0 spiro atoms. The Bertz CT molecular complexity index is 646. The van der Waals surface area contributed by atoms with E-state index in [2.05, 4.69) is 0 Å². The molecule has 6 unspecified atom stereocenters. The van der Waals surface area contributed by atoms with E-state index in [9.17, 15) is 40.9 Å². The van der Waals surface area contributed by atoms with Gasteiger partial charge in [0.05, 0.1) is 37.9 Å². The molecule has 0 aromatic carbocycles. The minimum atomic E-state index is -1.56. The predicted molar refractivity (Wildman–Crippen MR) is 107 cm³/mol. The topological polar surface area (TPSA) is 286 Å². The van der Waals surface area contributed by atoms with Gasteiger partial charge in [0, 0.05) is 0 Å². The summed E-state index contributed by atoms with van der Waals surface area (Å²) >= 11 is 0. The van der Waals surface area contributed by atoms with Crippen LogP contribution in [0, 0.1) is 0 Å². The van der Waals surface area contributed by atoms with Gasteiger partial charge in [0.25, 0.3) is 0 Å². The fourth-order valence-corrected chi connectivity index (χ4v) is 4.18. The van der Waals surface area contributed by atoms with Crippen molar-refractivity contribution in [1.82, 2.24) is 0 Å². The number of hydrogen-bond donors (Lipinski definition) is 11. The Kier molecular flexibility index (Phi) is 9.54. The molecule has 3 saturated heterocycles. The third-order valence-electron chi connectivity index (χ3n) is 6.33. The highest BCUT2D eigenvalue weighted by atomic mass is 16.7. The van der Waals surface area contributed by atoms with E-state index in [0.29, 0.717) is 0 Å². The van der Waals surface area contributed by atoms with Crippen molar-refractivity contribution in [2.45, 2.75) is 91.9 Å². The van der Waals surface area contributed by atoms with Gasteiger partial charge in [0.2, 0.25) is 0 Å². The Morgan fingerprint density at radius 2 is 0.941 bits per heavy atom. The predicted octanol–water partition coefficient (Wildman–Crippen LogP) is -7.67. The van der Waals surface area contributed by atoms with Crippen LogP contribution >= 0.6 is 0 Å². The molecule has 0 aromatic heterocycles. The molecule has 3 aliphatic rings. The van der Waals surface area contributed by atoms with Crippen molar-refractivity contribution in [3.8, 4) is 0 Å². The SMILES string of the molecule is N[C@H]1C(O)[C@H](O)C(CO)O[C@H]1O[C@@H]1C(CO)O[C@@H](O[C@@H]2C(CO)O[C@@H](O)[C@@H](N)C2O)[C@@H](N)C1O. The lowest BCUT2D eigenvalue weighted by Gasteiger charge is -2.48. The van der Waals surface area contributed by atoms with Gasteiger partial charge < -0.3 is 81.7 Å². The standard InChI is InChI=1S/C18H35N3O13/c19-7-12(27)14(5(2-23)30-16(7)29)33-18-9(21)13(28)15(6(3-24)32-18)34-17-8(20)11(26)10(25)4(1-22)31-17/h4-18,22-29H,1-3,19-21H2/t4?,5?,6?,7-,8-,9-,10+,11?,12?,13?,14+,15+,16+,17-,18-/m0/s1. The molecule has 0 aliphatic carbocycles. The highest BCUT2D eigenvalue weighted by Crippen LogP contribution is 2.30. The molecule has 0 saturated carbocycles. The van der Waals surface area contributed by atoms with Gasteiger partial charge in [-0.1, -0.05) is 0 Å². The first-order valence-corrected chi connectivity index (χ1v) is 10.8. The largest absolute Gasteiger partial charge is 0.394 e. The first-order valence-electron chi connectivity index (χ1n) is 10.8. The molecule has 3 heterocycles. The average Bonchev–Trinajstić information content (AvgIpc) is 2.83. The van der Waals surface area contributed by atoms with E-state index >= 15 is 0 Å². The molecule has 200 valence electrons. The van der Waals surface area contributed by atoms with E-state index in [-0.39, 0.29) is 0 Å². The van der Waals surface area contributed by atoms with Gasteiger partial charge in [-0.2, -0.15) is 0 Å². The van der Waals surface area contributed by atoms with Gasteiger partial charge in [-0.3, -0.25) is 0 Å². The first-order chi connectivity index (χ1) is 16.0. The van der Waals surface area contributed by atoms with Gasteiger partial charge in [-0.15, -0.1) is 0 Å². The fraction of sp³-hybridized carbons (Fsp3) is 1.00. The van der Waals surface area contributed by atoms with Gasteiger partial charge in [0.15, 0.2) is 18.9 Å². The van der Waals surface area contributed by atoms with Crippen LogP contribution in [-0.2, 0) is 23.7 Å². The molecule has 16 nitrogen and oxygen atoms in total. The van der Waals surface area contributed by atoms with E-state index in [1.165, 1.54) is 0 Å². The maximum atomic E-state index is 10.8. The Hall–Kier alpha value is -0.640. The summed E-state index contributed by atoms with van der Waals surface area (Å²) in [6, 6.07) is -3.87. The minimum absolute atomic E-state index is 0.651. The zero-order valence-corrected chi connectivity index (χ0v) is 18.1. The van der Waals surface area contributed by atoms with Crippen molar-refractivity contribution in [1.29, 1.82) is 0 Å². The van der Waals surface area contributed by atoms with Crippen molar-refractivity contribution in [2.75, 3.05) is 19.8 Å². The maximum Gasteiger partial charge on any atom is 0.176 e. The second-order valence-electron chi connectivity index (χ2n) is 8.59. The molecule has 15 atom stereocenters. The highest BCUT2D eigenvalue weighted by Gasteiger charge is 2.52. The van der Waals surface area contributed by atoms with Crippen LogP contribution in [0.1, 0.15) is 0 Å². The number of ether oxygens (including phenoxy) is 5. The summed E-state index contributed by atoms with van der Waals surface area (Å²) in [6.07, 6.45) is -16.8. The van der Waals surface area contributed by atoms with Crippen LogP contribution in [0.25, 0.3) is 0 Å². The second kappa shape index (κ2) is 11.6. The van der Waals surface area contributed by atoms with Crippen molar-refractivity contribution in [2.24, 2.45) is 17.2 Å². The lowest BCUT2D eigenvalue weighted by atomic mass is 9.94. The highest BCUT2D eigenvalue weighted by molar-refractivity contribution is 4.98. The summed E-state index contributed by atoms with van der Waals surface area (Å²) in [7, 11) is 0. The second-order valence-corrected chi connectivity index (χ2v) is 8.59. The van der Waals surface area contributed by atoms with Gasteiger partial charge in [-0.05, 0) is 0 Å². The summed E-state index contributed by atoms with van der Waals surface area (Å²) in [5.41, 5.74) is 17.6. The normalized spacial score (nSPS) is 52.5. The summed E-state index contributed by atoms with van der Waals surface area (Å²) < 4.78 is 27.4. The van der Waals surface area contributed by atoms with E-state index in [1.54, 1.807) is 0 Å². The molecule has 0 bridgehead atoms. The number of aliphatic hydroxyl groups excluding tert-OH is 8. The molecule has 3 aliphatic heterocycles. The van der Waals surface area contributed by atoms with E-state index in [0.717, 1.165) is 0 Å². The molecule has 3 rings (SSSR count). The van der Waals surface area contributed by atoms with Crippen molar-refractivity contribution in [3.05, 3.63) is 0 Å². The van der Waals surface area contributed by atoms with Crippen LogP contribution < -0.4 is 17.2 Å². The molecule has 0 radical (unpaired) electrons. The van der Waals surface area contributed by atoms with Crippen LogP contribution in [-0.4, -0.2) is 153 Å². The zero-order chi connectivity index (χ0) is 25.3. The van der Waals surface area contributed by atoms with Crippen LogP contribution in [0.3, 0.4) is 0 Å². The third-order valence-corrected chi connectivity index (χ3v) is 6.33. The average molecular weight is 501 g/mol. The monoisotopic (exact) mass is 501 g/mol. The Labute approximate surface area is 194 Å². The summed E-state index contributed by atoms with van der Waals surface area (Å²) in [4.78, 5) is 0. The summed E-state index contributed by atoms with van der Waals surface area (Å²) in [6.45, 7) is -2.00. The van der Waals surface area contributed by atoms with E-state index in [4.69, 9.17) is 40.9 Å². The molecular formula is C18H35N3O13. The molecule has 16 heteroatoms. The smallest absolute Gasteiger partial charge is 0.176 e. The van der Waals surface area contributed by atoms with Crippen LogP contribution in [0.5, 0.6) is 0 Å². The van der Waals surface area contributed by atoms with Crippen molar-refractivity contribution >= 4 is 0 Å². The lowest BCUT2D eigenvalue weighted by Crippen LogP contribution is -2.69. The van der Waals surface area contributed by atoms with E-state index < -0.39 is 112 Å². The first kappa shape index (κ1) is 27.9. The number of hydrogen-bond acceptors (Lipinski definition) is 16. The Balaban J connectivity index is 1.72. The molecule has 34 heavy (non-hydrogen) atoms. The lowest BCUT2D eigenvalue weighted by molar-refractivity contribution is -0.348. The molecule has 14 N–H and O–H groups in total. The van der Waals surface area contributed by atoms with E-state index in [1.807, 2.05) is 0 Å².